The van der Waals surface area contributed by atoms with E-state index in [9.17, 15) is 0 Å². The van der Waals surface area contributed by atoms with E-state index in [1.165, 1.54) is 27.3 Å². The zero-order valence-corrected chi connectivity index (χ0v) is 13.1. The van der Waals surface area contributed by atoms with E-state index in [4.69, 9.17) is 0 Å². The molecule has 0 bridgehead atoms. The van der Waals surface area contributed by atoms with Gasteiger partial charge in [-0.1, -0.05) is 18.7 Å². The molecule has 0 radical (unpaired) electrons. The second-order valence-electron chi connectivity index (χ2n) is 4.03. The van der Waals surface area contributed by atoms with Gasteiger partial charge in [0.05, 0.1) is 3.79 Å². The van der Waals surface area contributed by atoms with Crippen LogP contribution in [0.3, 0.4) is 0 Å². The predicted octanol–water partition coefficient (Wildman–Crippen LogP) is 3.91. The first-order chi connectivity index (χ1) is 8.28. The van der Waals surface area contributed by atoms with Crippen molar-refractivity contribution in [2.75, 3.05) is 12.3 Å². The average molecular weight is 333 g/mol. The van der Waals surface area contributed by atoms with Crippen molar-refractivity contribution < 1.29 is 0 Å². The third-order valence-corrected chi connectivity index (χ3v) is 5.41. The Kier molecular flexibility index (Phi) is 5.38. The van der Waals surface area contributed by atoms with Gasteiger partial charge >= 0.3 is 0 Å². The Hall–Kier alpha value is -0.0000000000000000278. The summed E-state index contributed by atoms with van der Waals surface area (Å²) in [4.78, 5) is 6.04. The number of thioether (sulfide) groups is 1. The third kappa shape index (κ3) is 4.30. The second-order valence-corrected chi connectivity index (χ2v) is 7.66. The molecule has 1 N–H and O–H groups in total. The lowest BCUT2D eigenvalue weighted by Crippen LogP contribution is -2.37. The number of hydrogen-bond donors (Lipinski definition) is 1. The molecule has 1 aliphatic heterocycles. The fourth-order valence-electron chi connectivity index (χ4n) is 1.74. The molecule has 1 saturated heterocycles. The number of halogens is 1. The summed E-state index contributed by atoms with van der Waals surface area (Å²) in [5.41, 5.74) is 0. The summed E-state index contributed by atoms with van der Waals surface area (Å²) in [7, 11) is 0. The van der Waals surface area contributed by atoms with Crippen LogP contribution in [0.15, 0.2) is 20.9 Å². The Morgan fingerprint density at radius 2 is 2.41 bits per heavy atom. The van der Waals surface area contributed by atoms with Crippen LogP contribution < -0.4 is 5.32 Å². The van der Waals surface area contributed by atoms with Gasteiger partial charge in [-0.05, 0) is 40.9 Å². The molecule has 1 aromatic heterocycles. The Labute approximate surface area is 119 Å². The summed E-state index contributed by atoms with van der Waals surface area (Å²) in [6.07, 6.45) is 3.49. The Bertz CT molecular complexity index is 390. The van der Waals surface area contributed by atoms with Gasteiger partial charge in [-0.2, -0.15) is 0 Å². The maximum absolute atomic E-state index is 4.65. The van der Waals surface area contributed by atoms with Crippen molar-refractivity contribution in [2.45, 2.75) is 32.2 Å². The van der Waals surface area contributed by atoms with Crippen LogP contribution in [-0.4, -0.2) is 23.5 Å². The quantitative estimate of drug-likeness (QED) is 0.903. The fraction of sp³-hybridized carbons (Fsp3) is 0.583. The van der Waals surface area contributed by atoms with Gasteiger partial charge in [-0.3, -0.25) is 4.99 Å². The molecule has 2 rings (SSSR count). The first kappa shape index (κ1) is 13.4. The first-order valence-corrected chi connectivity index (χ1v) is 8.55. The van der Waals surface area contributed by atoms with Crippen molar-refractivity contribution in [3.63, 3.8) is 0 Å². The molecule has 17 heavy (non-hydrogen) atoms. The van der Waals surface area contributed by atoms with Crippen molar-refractivity contribution in [2.24, 2.45) is 4.99 Å². The van der Waals surface area contributed by atoms with Crippen molar-refractivity contribution in [1.82, 2.24) is 5.32 Å². The highest BCUT2D eigenvalue weighted by molar-refractivity contribution is 9.11. The van der Waals surface area contributed by atoms with Gasteiger partial charge in [0.1, 0.15) is 0 Å². The van der Waals surface area contributed by atoms with Crippen LogP contribution in [0.4, 0.5) is 0 Å². The molecule has 0 aromatic carbocycles. The van der Waals surface area contributed by atoms with Crippen LogP contribution >= 0.6 is 39.0 Å². The van der Waals surface area contributed by atoms with Gasteiger partial charge in [-0.15, -0.1) is 11.3 Å². The number of nitrogens with one attached hydrogen (secondary N) is 1. The molecule has 1 aromatic rings. The third-order valence-electron chi connectivity index (χ3n) is 2.77. The predicted molar refractivity (Wildman–Crippen MR) is 82.3 cm³/mol. The van der Waals surface area contributed by atoms with Crippen molar-refractivity contribution in [1.29, 1.82) is 0 Å². The highest BCUT2D eigenvalue weighted by Gasteiger charge is 2.14. The smallest absolute Gasteiger partial charge is 0.156 e. The molecule has 1 fully saturated rings. The van der Waals surface area contributed by atoms with Crippen molar-refractivity contribution in [3.8, 4) is 0 Å². The van der Waals surface area contributed by atoms with E-state index < -0.39 is 0 Å². The zero-order chi connectivity index (χ0) is 12.1. The summed E-state index contributed by atoms with van der Waals surface area (Å²) in [6.45, 7) is 3.12. The van der Waals surface area contributed by atoms with Gasteiger partial charge in [0.25, 0.3) is 0 Å². The molecule has 2 nitrogen and oxygen atoms in total. The van der Waals surface area contributed by atoms with E-state index in [2.05, 4.69) is 45.3 Å². The Morgan fingerprint density at radius 1 is 1.53 bits per heavy atom. The van der Waals surface area contributed by atoms with Gasteiger partial charge in [-0.25, -0.2) is 0 Å². The monoisotopic (exact) mass is 332 g/mol. The van der Waals surface area contributed by atoms with E-state index in [1.807, 2.05) is 11.8 Å². The molecular weight excluding hydrogens is 316 g/mol. The highest BCUT2D eigenvalue weighted by atomic mass is 79.9. The van der Waals surface area contributed by atoms with Crippen LogP contribution in [0.5, 0.6) is 0 Å². The first-order valence-electron chi connectivity index (χ1n) is 5.96. The van der Waals surface area contributed by atoms with Crippen molar-refractivity contribution >= 4 is 44.2 Å². The second kappa shape index (κ2) is 6.81. The lowest BCUT2D eigenvalue weighted by atomic mass is 10.2. The Morgan fingerprint density at radius 3 is 3.12 bits per heavy atom. The van der Waals surface area contributed by atoms with Crippen LogP contribution in [-0.2, 0) is 6.42 Å². The SMILES string of the molecule is CCC1CCSC(=NCCc2ccc(Br)s2)N1. The molecule has 1 aliphatic rings. The van der Waals surface area contributed by atoms with Crippen LogP contribution in [0.2, 0.25) is 0 Å². The summed E-state index contributed by atoms with van der Waals surface area (Å²) in [6, 6.07) is 4.91. The summed E-state index contributed by atoms with van der Waals surface area (Å²) in [5, 5.41) is 4.64. The van der Waals surface area contributed by atoms with Gasteiger partial charge < -0.3 is 5.32 Å². The van der Waals surface area contributed by atoms with Crippen LogP contribution in [0, 0.1) is 0 Å². The zero-order valence-electron chi connectivity index (χ0n) is 9.91. The summed E-state index contributed by atoms with van der Waals surface area (Å²) < 4.78 is 1.20. The molecular formula is C12H17BrN2S2. The van der Waals surface area contributed by atoms with Crippen LogP contribution in [0.1, 0.15) is 24.6 Å². The molecule has 94 valence electrons. The number of aliphatic imine (C=N–C) groups is 1. The van der Waals surface area contributed by atoms with Gasteiger partial charge in [0.15, 0.2) is 5.17 Å². The van der Waals surface area contributed by atoms with Gasteiger partial charge in [0.2, 0.25) is 0 Å². The molecule has 0 amide bonds. The lowest BCUT2D eigenvalue weighted by Gasteiger charge is -2.24. The lowest BCUT2D eigenvalue weighted by molar-refractivity contribution is 0.571. The normalized spacial score (nSPS) is 22.7. The molecule has 0 saturated carbocycles. The number of thiophene rings is 1. The largest absolute Gasteiger partial charge is 0.362 e. The standard InChI is InChI=1S/C12H17BrN2S2/c1-2-9-6-8-16-12(15-9)14-7-5-10-3-4-11(13)17-10/h3-4,9H,2,5-8H2,1H3,(H,14,15). The molecule has 1 atom stereocenters. The maximum atomic E-state index is 4.65. The van der Waals surface area contributed by atoms with Gasteiger partial charge in [0, 0.05) is 29.6 Å². The number of rotatable bonds is 4. The van der Waals surface area contributed by atoms with E-state index in [1.54, 1.807) is 11.3 Å². The molecule has 0 spiro atoms. The molecule has 2 heterocycles. The number of hydrogen-bond acceptors (Lipinski definition) is 3. The molecule has 5 heteroatoms. The summed E-state index contributed by atoms with van der Waals surface area (Å²) in [5.74, 6) is 1.20. The van der Waals surface area contributed by atoms with E-state index in [0.29, 0.717) is 6.04 Å². The topological polar surface area (TPSA) is 24.4 Å². The van der Waals surface area contributed by atoms with Crippen LogP contribution in [0.25, 0.3) is 0 Å². The molecule has 1 unspecified atom stereocenters. The summed E-state index contributed by atoms with van der Waals surface area (Å²) >= 11 is 7.14. The maximum Gasteiger partial charge on any atom is 0.156 e. The van der Waals surface area contributed by atoms with E-state index in [-0.39, 0.29) is 0 Å². The minimum absolute atomic E-state index is 0.630. The number of amidine groups is 1. The minimum atomic E-state index is 0.630. The van der Waals surface area contributed by atoms with E-state index in [0.717, 1.165) is 18.1 Å². The highest BCUT2D eigenvalue weighted by Crippen LogP contribution is 2.22. The Balaban J connectivity index is 1.80. The van der Waals surface area contributed by atoms with Crippen molar-refractivity contribution in [3.05, 3.63) is 20.8 Å². The molecule has 0 aliphatic carbocycles. The average Bonchev–Trinajstić information content (AvgIpc) is 2.75. The van der Waals surface area contributed by atoms with E-state index >= 15 is 0 Å². The number of nitrogens with zero attached hydrogens (tertiary/aromatic N) is 1. The fourth-order valence-corrected chi connectivity index (χ4v) is 4.24. The minimum Gasteiger partial charge on any atom is -0.362 e.